The van der Waals surface area contributed by atoms with Crippen molar-refractivity contribution in [3.05, 3.63) is 82.8 Å². The minimum atomic E-state index is -4.69. The van der Waals surface area contributed by atoms with Gasteiger partial charge in [0.15, 0.2) is 0 Å². The molecule has 8 nitrogen and oxygen atoms in total. The highest BCUT2D eigenvalue weighted by Crippen LogP contribution is 2.46. The largest absolute Gasteiger partial charge is 0.417 e. The van der Waals surface area contributed by atoms with E-state index in [1.54, 1.807) is 16.0 Å². The van der Waals surface area contributed by atoms with Crippen LogP contribution in [0.25, 0.3) is 11.4 Å². The van der Waals surface area contributed by atoms with Gasteiger partial charge in [-0.05, 0) is 68.1 Å². The molecule has 45 heavy (non-hydrogen) atoms. The highest BCUT2D eigenvalue weighted by atomic mass is 35.5. The molecule has 3 aliphatic rings. The molecule has 1 saturated carbocycles. The molecule has 4 heterocycles. The van der Waals surface area contributed by atoms with Crippen molar-refractivity contribution in [2.75, 3.05) is 11.4 Å². The number of anilines is 2. The number of alkyl halides is 3. The number of piperidine rings is 1. The van der Waals surface area contributed by atoms with Crippen molar-refractivity contribution in [2.24, 2.45) is 18.9 Å². The Morgan fingerprint density at radius 1 is 1.11 bits per heavy atom. The molecule has 0 spiro atoms. The van der Waals surface area contributed by atoms with E-state index in [4.69, 9.17) is 16.7 Å². The van der Waals surface area contributed by atoms with E-state index in [-0.39, 0.29) is 18.0 Å². The first kappa shape index (κ1) is 29.6. The average molecular weight is 637 g/mol. The number of carbonyl (C=O) groups is 2. The summed E-state index contributed by atoms with van der Waals surface area (Å²) in [5.41, 5.74) is 1.47. The van der Waals surface area contributed by atoms with Crippen molar-refractivity contribution in [3.8, 4) is 11.4 Å². The number of carbonyl (C=O) groups excluding carboxylic acids is 2. The lowest BCUT2D eigenvalue weighted by molar-refractivity contribution is -0.137. The van der Waals surface area contributed by atoms with Crippen LogP contribution in [0.3, 0.4) is 0 Å². The third-order valence-corrected chi connectivity index (χ3v) is 9.93. The number of aryl methyl sites for hydroxylation is 1. The Labute approximate surface area is 263 Å². The van der Waals surface area contributed by atoms with Gasteiger partial charge in [0.25, 0.3) is 5.91 Å². The Morgan fingerprint density at radius 2 is 1.87 bits per heavy atom. The number of hydrogen-bond donors (Lipinski definition) is 0. The molecule has 2 aromatic heterocycles. The van der Waals surface area contributed by atoms with E-state index < -0.39 is 40.7 Å². The van der Waals surface area contributed by atoms with Gasteiger partial charge in [0, 0.05) is 48.7 Å². The maximum Gasteiger partial charge on any atom is 0.417 e. The van der Waals surface area contributed by atoms with Crippen molar-refractivity contribution < 1.29 is 22.8 Å². The SMILES string of the molecule is C[C@H]1CC2C(=O)N(c3ccc(-c4nccn4C)cc3)c3c(CC4CCC4)cnn3C2CN1C(=O)c1ccc(Cl)c(C(F)(F)F)c1. The number of amides is 2. The summed E-state index contributed by atoms with van der Waals surface area (Å²) in [4.78, 5) is 35.9. The van der Waals surface area contributed by atoms with Crippen LogP contribution in [-0.4, -0.2) is 48.6 Å². The molecule has 2 fully saturated rings. The molecule has 0 radical (unpaired) electrons. The zero-order chi connectivity index (χ0) is 31.6. The van der Waals surface area contributed by atoms with Crippen LogP contribution in [-0.2, 0) is 24.4 Å². The molecular weight excluding hydrogens is 605 g/mol. The molecule has 4 aromatic rings. The van der Waals surface area contributed by atoms with E-state index >= 15 is 0 Å². The molecule has 1 aliphatic carbocycles. The fourth-order valence-electron chi connectivity index (χ4n) is 6.95. The summed E-state index contributed by atoms with van der Waals surface area (Å²) >= 11 is 5.82. The second kappa shape index (κ2) is 11.0. The van der Waals surface area contributed by atoms with Gasteiger partial charge in [0.1, 0.15) is 11.6 Å². The molecule has 3 atom stereocenters. The van der Waals surface area contributed by atoms with Crippen LogP contribution in [0.15, 0.2) is 61.1 Å². The number of imidazole rings is 1. The van der Waals surface area contributed by atoms with Gasteiger partial charge in [-0.25, -0.2) is 9.67 Å². The number of nitrogens with zero attached hydrogens (tertiary/aromatic N) is 6. The highest BCUT2D eigenvalue weighted by molar-refractivity contribution is 6.31. The number of benzene rings is 2. The molecule has 2 unspecified atom stereocenters. The van der Waals surface area contributed by atoms with Crippen molar-refractivity contribution >= 4 is 34.9 Å². The first-order valence-corrected chi connectivity index (χ1v) is 15.5. The zero-order valence-corrected chi connectivity index (χ0v) is 25.6. The van der Waals surface area contributed by atoms with Gasteiger partial charge in [-0.3, -0.25) is 14.5 Å². The fourth-order valence-corrected chi connectivity index (χ4v) is 7.18. The topological polar surface area (TPSA) is 76.3 Å². The molecule has 2 aliphatic heterocycles. The summed E-state index contributed by atoms with van der Waals surface area (Å²) in [6, 6.07) is 10.1. The lowest BCUT2D eigenvalue weighted by Crippen LogP contribution is -2.56. The molecule has 2 amide bonds. The zero-order valence-electron chi connectivity index (χ0n) is 24.8. The first-order chi connectivity index (χ1) is 21.5. The Balaban J connectivity index is 1.25. The lowest BCUT2D eigenvalue weighted by Gasteiger charge is -2.47. The Hall–Kier alpha value is -4.12. The Kier molecular flexibility index (Phi) is 7.26. The third kappa shape index (κ3) is 5.10. The van der Waals surface area contributed by atoms with Crippen LogP contribution in [0.5, 0.6) is 0 Å². The van der Waals surface area contributed by atoms with Gasteiger partial charge in [-0.2, -0.15) is 18.3 Å². The maximum atomic E-state index is 14.4. The monoisotopic (exact) mass is 636 g/mol. The Morgan fingerprint density at radius 3 is 2.51 bits per heavy atom. The third-order valence-electron chi connectivity index (χ3n) is 9.60. The smallest absolute Gasteiger partial charge is 0.334 e. The molecule has 1 saturated heterocycles. The van der Waals surface area contributed by atoms with Crippen molar-refractivity contribution in [2.45, 2.75) is 57.3 Å². The highest BCUT2D eigenvalue weighted by Gasteiger charge is 2.49. The number of rotatable bonds is 5. The maximum absolute atomic E-state index is 14.4. The van der Waals surface area contributed by atoms with Gasteiger partial charge in [0.2, 0.25) is 5.91 Å². The van der Waals surface area contributed by atoms with Crippen molar-refractivity contribution in [1.82, 2.24) is 24.2 Å². The summed E-state index contributed by atoms with van der Waals surface area (Å²) in [6.07, 6.45) is 5.34. The van der Waals surface area contributed by atoms with Crippen molar-refractivity contribution in [3.63, 3.8) is 0 Å². The predicted molar refractivity (Wildman–Crippen MR) is 163 cm³/mol. The molecular formula is C33H32ClF3N6O2. The normalized spacial score (nSPS) is 21.8. The number of fused-ring (bicyclic) bond motifs is 3. The van der Waals surface area contributed by atoms with E-state index in [1.165, 1.54) is 12.5 Å². The summed E-state index contributed by atoms with van der Waals surface area (Å²) in [5.74, 6) is 0.959. The molecule has 7 rings (SSSR count). The van der Waals surface area contributed by atoms with E-state index in [1.807, 2.05) is 59.9 Å². The number of halogens is 4. The van der Waals surface area contributed by atoms with E-state index in [0.29, 0.717) is 18.2 Å². The van der Waals surface area contributed by atoms with Crippen LogP contribution in [0.2, 0.25) is 5.02 Å². The summed E-state index contributed by atoms with van der Waals surface area (Å²) in [5, 5.41) is 4.33. The Bertz CT molecular complexity index is 1780. The number of likely N-dealkylation sites (tertiary alicyclic amines) is 1. The second-order valence-corrected chi connectivity index (χ2v) is 12.8. The molecule has 12 heteroatoms. The molecule has 234 valence electrons. The molecule has 0 N–H and O–H groups in total. The van der Waals surface area contributed by atoms with E-state index in [2.05, 4.69) is 4.98 Å². The second-order valence-electron chi connectivity index (χ2n) is 12.4. The van der Waals surface area contributed by atoms with Gasteiger partial charge in [0.05, 0.1) is 34.4 Å². The summed E-state index contributed by atoms with van der Waals surface area (Å²) < 4.78 is 44.5. The number of aromatic nitrogens is 4. The van der Waals surface area contributed by atoms with Gasteiger partial charge in [-0.15, -0.1) is 0 Å². The van der Waals surface area contributed by atoms with E-state index in [9.17, 15) is 22.8 Å². The van der Waals surface area contributed by atoms with Crippen LogP contribution >= 0.6 is 11.6 Å². The quantitative estimate of drug-likeness (QED) is 0.235. The van der Waals surface area contributed by atoms with Crippen LogP contribution in [0.4, 0.5) is 24.7 Å². The van der Waals surface area contributed by atoms with Gasteiger partial charge >= 0.3 is 6.18 Å². The first-order valence-electron chi connectivity index (χ1n) is 15.2. The summed E-state index contributed by atoms with van der Waals surface area (Å²) in [7, 11) is 1.93. The number of hydrogen-bond acceptors (Lipinski definition) is 4. The van der Waals surface area contributed by atoms with Crippen LogP contribution < -0.4 is 4.90 Å². The fraction of sp³-hybridized carbons (Fsp3) is 0.394. The van der Waals surface area contributed by atoms with Gasteiger partial charge in [-0.1, -0.05) is 30.9 Å². The predicted octanol–water partition coefficient (Wildman–Crippen LogP) is 7.07. The molecule has 2 aromatic carbocycles. The summed E-state index contributed by atoms with van der Waals surface area (Å²) in [6.45, 7) is 1.97. The lowest BCUT2D eigenvalue weighted by atomic mass is 9.80. The minimum absolute atomic E-state index is 0.0719. The van der Waals surface area contributed by atoms with Crippen molar-refractivity contribution in [1.29, 1.82) is 0 Å². The van der Waals surface area contributed by atoms with Crippen LogP contribution in [0.1, 0.15) is 60.1 Å². The minimum Gasteiger partial charge on any atom is -0.334 e. The average Bonchev–Trinajstić information content (AvgIpc) is 3.61. The molecule has 0 bridgehead atoms. The standard InChI is InChI=1S/C33H32ClF3N6O2/c1-19-14-25-28(18-41(19)31(44)22-8-11-27(34)26(16-22)33(35,36)37)43-30(23(17-39-43)15-20-4-3-5-20)42(32(25)45)24-9-6-21(7-10-24)29-38-12-13-40(29)2/h6-13,16-17,19-20,25,28H,3-5,14-15,18H2,1-2H3/t19-,25?,28?/m0/s1. The van der Waals surface area contributed by atoms with Crippen LogP contribution in [0, 0.1) is 11.8 Å². The van der Waals surface area contributed by atoms with E-state index in [0.717, 1.165) is 54.0 Å². The van der Waals surface area contributed by atoms with Gasteiger partial charge < -0.3 is 9.47 Å².